The van der Waals surface area contributed by atoms with Crippen LogP contribution in [0.5, 0.6) is 0 Å². The van der Waals surface area contributed by atoms with Gasteiger partial charge in [0.2, 0.25) is 0 Å². The molecule has 2 aromatic carbocycles. The summed E-state index contributed by atoms with van der Waals surface area (Å²) in [6.45, 7) is 13.0. The highest BCUT2D eigenvalue weighted by molar-refractivity contribution is 7.16. The second kappa shape index (κ2) is 12.3. The number of ether oxygens (including phenoxy) is 1. The number of aromatic nitrogens is 3. The van der Waals surface area contributed by atoms with Crippen LogP contribution in [0.15, 0.2) is 47.5 Å². The molecule has 1 saturated heterocycles. The van der Waals surface area contributed by atoms with Crippen molar-refractivity contribution in [2.45, 2.75) is 39.4 Å². The number of methoxy groups -OCH3 is 1. The van der Waals surface area contributed by atoms with Gasteiger partial charge in [0.1, 0.15) is 17.8 Å². The maximum absolute atomic E-state index is 14.5. The Morgan fingerprint density at radius 3 is 2.63 bits per heavy atom. The smallest absolute Gasteiger partial charge is 0.305 e. The molecule has 2 N–H and O–H groups in total. The highest BCUT2D eigenvalue weighted by Gasteiger charge is 2.24. The van der Waals surface area contributed by atoms with Gasteiger partial charge in [-0.3, -0.25) is 14.6 Å². The van der Waals surface area contributed by atoms with Crippen molar-refractivity contribution < 1.29 is 12.0 Å². The van der Waals surface area contributed by atoms with Crippen LogP contribution < -0.4 is 10.2 Å². The summed E-state index contributed by atoms with van der Waals surface area (Å²) in [6.07, 6.45) is 1.51. The number of aryl methyl sites for hydroxylation is 1. The van der Waals surface area contributed by atoms with Crippen LogP contribution in [-0.4, -0.2) is 77.4 Å². The molecular formula is C28H41FN6O2S. The number of benzene rings is 2. The number of aromatic amines is 1. The normalized spacial score (nSPS) is 15.8. The maximum atomic E-state index is 14.5. The van der Waals surface area contributed by atoms with Gasteiger partial charge in [-0.15, -0.1) is 0 Å². The lowest BCUT2D eigenvalue weighted by atomic mass is 9.97. The quantitative estimate of drug-likeness (QED) is 0.329. The van der Waals surface area contributed by atoms with Crippen molar-refractivity contribution in [3.63, 3.8) is 0 Å². The van der Waals surface area contributed by atoms with Crippen LogP contribution >= 0.6 is 11.3 Å². The lowest BCUT2D eigenvalue weighted by Crippen LogP contribution is -2.49. The van der Waals surface area contributed by atoms with Gasteiger partial charge in [0.25, 0.3) is 0 Å². The van der Waals surface area contributed by atoms with Crippen LogP contribution in [0.4, 0.5) is 10.2 Å². The Bertz CT molecular complexity index is 1420. The van der Waals surface area contributed by atoms with E-state index in [4.69, 9.17) is 4.74 Å². The van der Waals surface area contributed by atoms with Gasteiger partial charge in [0.05, 0.1) is 22.5 Å². The van der Waals surface area contributed by atoms with Crippen molar-refractivity contribution in [1.82, 2.24) is 24.8 Å². The van der Waals surface area contributed by atoms with Gasteiger partial charge in [0, 0.05) is 59.7 Å². The number of thiazole rings is 1. The first-order valence-electron chi connectivity index (χ1n) is 12.9. The van der Waals surface area contributed by atoms with E-state index in [2.05, 4.69) is 37.0 Å². The standard InChI is InChI=1S/C20H30FN5O.C8H7NOS.2H2/c1-15(12-25-8-10-26(11-9-25)14-27-4)24-19-16-6-5-7-17(20(2,3)21)18(16)22-13-23-19;1-5-2-3-6-7(4-5)11-8(10)9-6;;/h5-7,13,15H,8-12,14H2,1-4H3,(H,22,23,24);2-4H,1H3,(H,9,10);2*1H/t15-;;;/m0.../s1. The lowest BCUT2D eigenvalue weighted by Gasteiger charge is -2.35. The Labute approximate surface area is 229 Å². The molecule has 0 unspecified atom stereocenters. The van der Waals surface area contributed by atoms with Crippen LogP contribution in [0.1, 0.15) is 34.8 Å². The molecule has 0 radical (unpaired) electrons. The summed E-state index contributed by atoms with van der Waals surface area (Å²) in [7, 11) is 1.74. The lowest BCUT2D eigenvalue weighted by molar-refractivity contribution is 0.0265. The zero-order chi connectivity index (χ0) is 27.3. The molecule has 0 spiro atoms. The zero-order valence-electron chi connectivity index (χ0n) is 22.8. The fraction of sp³-hybridized carbons (Fsp3) is 0.464. The molecular weight excluding hydrogens is 503 g/mol. The van der Waals surface area contributed by atoms with E-state index < -0.39 is 5.67 Å². The highest BCUT2D eigenvalue weighted by atomic mass is 32.1. The minimum atomic E-state index is -1.45. The van der Waals surface area contributed by atoms with E-state index in [0.717, 1.165) is 54.1 Å². The van der Waals surface area contributed by atoms with Crippen molar-refractivity contribution in [2.24, 2.45) is 0 Å². The predicted octanol–water partition coefficient (Wildman–Crippen LogP) is 5.25. The third-order valence-electron chi connectivity index (χ3n) is 6.57. The second-order valence-electron chi connectivity index (χ2n) is 10.3. The topological polar surface area (TPSA) is 86.4 Å². The minimum absolute atomic E-state index is 0. The van der Waals surface area contributed by atoms with Crippen LogP contribution in [0, 0.1) is 6.92 Å². The van der Waals surface area contributed by atoms with E-state index in [0.29, 0.717) is 17.8 Å². The molecule has 1 aliphatic rings. The summed E-state index contributed by atoms with van der Waals surface area (Å²) < 4.78 is 20.8. The average Bonchev–Trinajstić information content (AvgIpc) is 3.24. The monoisotopic (exact) mass is 544 g/mol. The van der Waals surface area contributed by atoms with E-state index >= 15 is 0 Å². The third-order valence-corrected chi connectivity index (χ3v) is 7.42. The molecule has 0 amide bonds. The number of fused-ring (bicyclic) bond motifs is 2. The Balaban J connectivity index is 0.000000361. The largest absolute Gasteiger partial charge is 0.369 e. The number of halogens is 1. The molecule has 0 bridgehead atoms. The Kier molecular flexibility index (Phi) is 9.09. The van der Waals surface area contributed by atoms with Crippen LogP contribution in [-0.2, 0) is 10.4 Å². The molecule has 38 heavy (non-hydrogen) atoms. The molecule has 0 aliphatic carbocycles. The Morgan fingerprint density at radius 1 is 1.18 bits per heavy atom. The summed E-state index contributed by atoms with van der Waals surface area (Å²) in [5.74, 6) is 0.761. The summed E-state index contributed by atoms with van der Waals surface area (Å²) in [5, 5.41) is 4.35. The van der Waals surface area contributed by atoms with Gasteiger partial charge in [-0.25, -0.2) is 14.4 Å². The van der Waals surface area contributed by atoms with Gasteiger partial charge in [-0.1, -0.05) is 29.5 Å². The van der Waals surface area contributed by atoms with E-state index in [1.165, 1.54) is 23.2 Å². The first-order chi connectivity index (χ1) is 18.1. The van der Waals surface area contributed by atoms with Crippen molar-refractivity contribution in [3.8, 4) is 0 Å². The number of nitrogens with zero attached hydrogens (tertiary/aromatic N) is 4. The number of piperazine rings is 1. The molecule has 10 heteroatoms. The van der Waals surface area contributed by atoms with Crippen molar-refractivity contribution in [3.05, 3.63) is 63.5 Å². The predicted molar refractivity (Wildman–Crippen MR) is 158 cm³/mol. The van der Waals surface area contributed by atoms with Crippen LogP contribution in [0.25, 0.3) is 21.1 Å². The maximum Gasteiger partial charge on any atom is 0.305 e. The molecule has 1 atom stereocenters. The minimum Gasteiger partial charge on any atom is -0.369 e. The van der Waals surface area contributed by atoms with Gasteiger partial charge in [0.15, 0.2) is 0 Å². The highest BCUT2D eigenvalue weighted by Crippen LogP contribution is 2.32. The summed E-state index contributed by atoms with van der Waals surface area (Å²) in [4.78, 5) is 27.1. The SMILES string of the molecule is COCN1CCN(C[C@H](C)Nc2ncnc3c(C(C)(C)F)cccc23)CC1.Cc1ccc2[nH]c(=O)sc2c1.[HH].[HH]. The molecule has 1 fully saturated rings. The fourth-order valence-electron chi connectivity index (χ4n) is 4.68. The number of hydrogen-bond acceptors (Lipinski definition) is 8. The summed E-state index contributed by atoms with van der Waals surface area (Å²) in [5.41, 5.74) is 1.94. The number of H-pyrrole nitrogens is 1. The molecule has 2 aromatic heterocycles. The Morgan fingerprint density at radius 2 is 1.92 bits per heavy atom. The Hall–Kier alpha value is -2.92. The number of rotatable bonds is 7. The van der Waals surface area contributed by atoms with Gasteiger partial charge >= 0.3 is 4.87 Å². The molecule has 4 aromatic rings. The summed E-state index contributed by atoms with van der Waals surface area (Å²) >= 11 is 1.26. The van der Waals surface area contributed by atoms with Crippen LogP contribution in [0.2, 0.25) is 0 Å². The molecule has 5 rings (SSSR count). The average molecular weight is 545 g/mol. The van der Waals surface area contributed by atoms with E-state index in [9.17, 15) is 9.18 Å². The fourth-order valence-corrected chi connectivity index (χ4v) is 5.52. The van der Waals surface area contributed by atoms with Crippen molar-refractivity contribution in [2.75, 3.05) is 51.9 Å². The van der Waals surface area contributed by atoms with Crippen molar-refractivity contribution in [1.29, 1.82) is 0 Å². The van der Waals surface area contributed by atoms with E-state index in [1.807, 2.05) is 37.3 Å². The molecule has 3 heterocycles. The molecule has 0 saturated carbocycles. The number of nitrogens with one attached hydrogen (secondary N) is 2. The van der Waals surface area contributed by atoms with Crippen LogP contribution in [0.3, 0.4) is 0 Å². The van der Waals surface area contributed by atoms with E-state index in [1.54, 1.807) is 27.0 Å². The zero-order valence-corrected chi connectivity index (χ0v) is 23.6. The van der Waals surface area contributed by atoms with Gasteiger partial charge in [-0.2, -0.15) is 0 Å². The van der Waals surface area contributed by atoms with E-state index in [-0.39, 0.29) is 13.8 Å². The van der Waals surface area contributed by atoms with Gasteiger partial charge < -0.3 is 15.0 Å². The first-order valence-corrected chi connectivity index (χ1v) is 13.7. The number of alkyl halides is 1. The molecule has 1 aliphatic heterocycles. The van der Waals surface area contributed by atoms with Crippen molar-refractivity contribution >= 4 is 38.3 Å². The summed E-state index contributed by atoms with van der Waals surface area (Å²) in [6, 6.07) is 11.8. The third kappa shape index (κ3) is 7.13. The number of anilines is 1. The number of para-hydroxylation sites is 1. The van der Waals surface area contributed by atoms with Gasteiger partial charge in [-0.05, 0) is 51.5 Å². The number of hydrogen-bond donors (Lipinski definition) is 2. The molecule has 8 nitrogen and oxygen atoms in total. The molecule has 208 valence electrons. The first kappa shape index (κ1) is 28.1. The second-order valence-corrected chi connectivity index (χ2v) is 11.3.